The number of hydrogen-bond donors (Lipinski definition) is 0. The molecule has 1 amide bonds. The molecule has 0 unspecified atom stereocenters. The molecule has 1 aliphatic heterocycles. The maximum absolute atomic E-state index is 13.2. The summed E-state index contributed by atoms with van der Waals surface area (Å²) in [5.74, 6) is 0.487. The Balaban J connectivity index is 1.62. The van der Waals surface area contributed by atoms with E-state index in [2.05, 4.69) is 23.9 Å². The van der Waals surface area contributed by atoms with Crippen LogP contribution in [0.2, 0.25) is 0 Å². The summed E-state index contributed by atoms with van der Waals surface area (Å²) in [7, 11) is 1.42. The largest absolute Gasteiger partial charge is 0.469 e. The second-order valence-corrected chi connectivity index (χ2v) is 8.29. The average molecular weight is 368 g/mol. The molecule has 0 aromatic carbocycles. The Labute approximate surface area is 158 Å². The molecule has 0 bridgehead atoms. The smallest absolute Gasteiger partial charge is 0.314 e. The van der Waals surface area contributed by atoms with Crippen molar-refractivity contribution in [1.29, 1.82) is 0 Å². The molecule has 27 heavy (non-hydrogen) atoms. The molecule has 1 saturated heterocycles. The third kappa shape index (κ3) is 2.48. The van der Waals surface area contributed by atoms with Crippen LogP contribution in [0, 0.1) is 23.7 Å². The van der Waals surface area contributed by atoms with Crippen molar-refractivity contribution in [3.63, 3.8) is 0 Å². The molecule has 0 N–H and O–H groups in total. The summed E-state index contributed by atoms with van der Waals surface area (Å²) in [6.45, 7) is 7.13. The Hall–Kier alpha value is -2.70. The molecule has 2 atom stereocenters. The SMILES string of the molecule is COC(=O)[C@@]12CN(C(=O)c3cnn(-c4ccccn4)c3C)C[C@@H]1C(C)(C)C2. The summed E-state index contributed by atoms with van der Waals surface area (Å²) in [6.07, 6.45) is 4.02. The van der Waals surface area contributed by atoms with Crippen molar-refractivity contribution in [2.24, 2.45) is 16.7 Å². The van der Waals surface area contributed by atoms with Crippen LogP contribution in [0.5, 0.6) is 0 Å². The van der Waals surface area contributed by atoms with Crippen LogP contribution in [0.4, 0.5) is 0 Å². The third-order valence-corrected chi connectivity index (χ3v) is 6.24. The predicted molar refractivity (Wildman–Crippen MR) is 98.3 cm³/mol. The van der Waals surface area contributed by atoms with Crippen LogP contribution in [0.3, 0.4) is 0 Å². The number of carbonyl (C=O) groups excluding carboxylic acids is 2. The van der Waals surface area contributed by atoms with E-state index in [0.717, 1.165) is 12.1 Å². The first-order chi connectivity index (χ1) is 12.8. The lowest BCUT2D eigenvalue weighted by atomic mass is 9.48. The molecule has 7 heteroatoms. The van der Waals surface area contributed by atoms with Gasteiger partial charge in [-0.3, -0.25) is 9.59 Å². The van der Waals surface area contributed by atoms with E-state index >= 15 is 0 Å². The zero-order valence-corrected chi connectivity index (χ0v) is 16.1. The standard InChI is InChI=1S/C20H24N4O3/c1-13-14(9-22-24(13)16-7-5-6-8-21-16)17(25)23-10-15-19(2,3)11-20(15,12-23)18(26)27-4/h5-9,15H,10-12H2,1-4H3/t15-,20+/m1/s1. The fourth-order valence-electron chi connectivity index (χ4n) is 5.03. The Morgan fingerprint density at radius 2 is 2.07 bits per heavy atom. The normalized spacial score (nSPS) is 25.6. The third-order valence-electron chi connectivity index (χ3n) is 6.24. The molecule has 2 aromatic rings. The summed E-state index contributed by atoms with van der Waals surface area (Å²) in [5, 5.41) is 4.34. The number of pyridine rings is 1. The van der Waals surface area contributed by atoms with Crippen LogP contribution in [-0.2, 0) is 9.53 Å². The van der Waals surface area contributed by atoms with Crippen molar-refractivity contribution in [2.45, 2.75) is 27.2 Å². The minimum Gasteiger partial charge on any atom is -0.469 e. The van der Waals surface area contributed by atoms with Gasteiger partial charge < -0.3 is 9.64 Å². The molecule has 2 fully saturated rings. The van der Waals surface area contributed by atoms with E-state index in [1.165, 1.54) is 7.11 Å². The quantitative estimate of drug-likeness (QED) is 0.777. The second-order valence-electron chi connectivity index (χ2n) is 8.29. The Morgan fingerprint density at radius 3 is 2.70 bits per heavy atom. The average Bonchev–Trinajstić information content (AvgIpc) is 3.20. The maximum atomic E-state index is 13.2. The molecule has 0 spiro atoms. The molecular formula is C20H24N4O3. The van der Waals surface area contributed by atoms with Crippen LogP contribution in [0.1, 0.15) is 36.3 Å². The number of nitrogens with zero attached hydrogens (tertiary/aromatic N) is 4. The van der Waals surface area contributed by atoms with Gasteiger partial charge in [0.2, 0.25) is 0 Å². The first-order valence-electron chi connectivity index (χ1n) is 9.14. The van der Waals surface area contributed by atoms with E-state index in [-0.39, 0.29) is 23.2 Å². The van der Waals surface area contributed by atoms with E-state index in [1.54, 1.807) is 22.0 Å². The number of ether oxygens (including phenoxy) is 1. The molecular weight excluding hydrogens is 344 g/mol. The predicted octanol–water partition coefficient (Wildman–Crippen LogP) is 2.24. The molecule has 4 rings (SSSR count). The summed E-state index contributed by atoms with van der Waals surface area (Å²) in [6, 6.07) is 5.56. The highest BCUT2D eigenvalue weighted by atomic mass is 16.5. The Morgan fingerprint density at radius 1 is 1.30 bits per heavy atom. The molecule has 2 aromatic heterocycles. The van der Waals surface area contributed by atoms with Crippen molar-refractivity contribution in [3.8, 4) is 5.82 Å². The fourth-order valence-corrected chi connectivity index (χ4v) is 5.03. The van der Waals surface area contributed by atoms with E-state index in [1.807, 2.05) is 25.1 Å². The van der Waals surface area contributed by atoms with Crippen LogP contribution in [0.15, 0.2) is 30.6 Å². The number of likely N-dealkylation sites (tertiary alicyclic amines) is 1. The van der Waals surface area contributed by atoms with Gasteiger partial charge in [-0.15, -0.1) is 0 Å². The lowest BCUT2D eigenvalue weighted by Gasteiger charge is -2.54. The highest BCUT2D eigenvalue weighted by Crippen LogP contribution is 2.63. The van der Waals surface area contributed by atoms with Crippen LogP contribution in [0.25, 0.3) is 5.82 Å². The highest BCUT2D eigenvalue weighted by molar-refractivity contribution is 5.96. The van der Waals surface area contributed by atoms with E-state index in [9.17, 15) is 9.59 Å². The number of methoxy groups -OCH3 is 1. The van der Waals surface area contributed by atoms with Gasteiger partial charge in [0.15, 0.2) is 5.82 Å². The van der Waals surface area contributed by atoms with Gasteiger partial charge in [0, 0.05) is 19.3 Å². The number of aromatic nitrogens is 3. The first-order valence-corrected chi connectivity index (χ1v) is 9.14. The lowest BCUT2D eigenvalue weighted by molar-refractivity contribution is -0.174. The van der Waals surface area contributed by atoms with Gasteiger partial charge in [-0.05, 0) is 36.8 Å². The Bertz CT molecular complexity index is 905. The van der Waals surface area contributed by atoms with Crippen molar-refractivity contribution in [2.75, 3.05) is 20.2 Å². The topological polar surface area (TPSA) is 77.3 Å². The number of rotatable bonds is 3. The number of amides is 1. The molecule has 3 heterocycles. The summed E-state index contributed by atoms with van der Waals surface area (Å²) >= 11 is 0. The molecule has 1 saturated carbocycles. The molecule has 1 aliphatic carbocycles. The van der Waals surface area contributed by atoms with Crippen LogP contribution >= 0.6 is 0 Å². The van der Waals surface area contributed by atoms with Gasteiger partial charge in [0.25, 0.3) is 5.91 Å². The molecule has 142 valence electrons. The zero-order chi connectivity index (χ0) is 19.4. The van der Waals surface area contributed by atoms with E-state index in [0.29, 0.717) is 24.5 Å². The first kappa shape index (κ1) is 17.7. The van der Waals surface area contributed by atoms with E-state index in [4.69, 9.17) is 4.74 Å². The maximum Gasteiger partial charge on any atom is 0.314 e. The van der Waals surface area contributed by atoms with Crippen molar-refractivity contribution >= 4 is 11.9 Å². The monoisotopic (exact) mass is 368 g/mol. The molecule has 2 aliphatic rings. The summed E-state index contributed by atoms with van der Waals surface area (Å²) in [5.41, 5.74) is 0.735. The van der Waals surface area contributed by atoms with Crippen LogP contribution < -0.4 is 0 Å². The van der Waals surface area contributed by atoms with E-state index < -0.39 is 5.41 Å². The molecule has 7 nitrogen and oxygen atoms in total. The summed E-state index contributed by atoms with van der Waals surface area (Å²) < 4.78 is 6.73. The fraction of sp³-hybridized carbons (Fsp3) is 0.500. The van der Waals surface area contributed by atoms with Gasteiger partial charge in [-0.2, -0.15) is 5.10 Å². The number of esters is 1. The minimum absolute atomic E-state index is 0.0242. The van der Waals surface area contributed by atoms with Crippen molar-refractivity contribution in [3.05, 3.63) is 41.9 Å². The lowest BCUT2D eigenvalue weighted by Crippen LogP contribution is -2.57. The van der Waals surface area contributed by atoms with Gasteiger partial charge in [0.05, 0.1) is 30.0 Å². The van der Waals surface area contributed by atoms with Gasteiger partial charge in [0.1, 0.15) is 0 Å². The van der Waals surface area contributed by atoms with Gasteiger partial charge in [-0.1, -0.05) is 19.9 Å². The van der Waals surface area contributed by atoms with Gasteiger partial charge in [-0.25, -0.2) is 9.67 Å². The van der Waals surface area contributed by atoms with Crippen molar-refractivity contribution in [1.82, 2.24) is 19.7 Å². The highest BCUT2D eigenvalue weighted by Gasteiger charge is 2.68. The molecule has 0 radical (unpaired) electrons. The van der Waals surface area contributed by atoms with Crippen LogP contribution in [-0.4, -0.2) is 51.7 Å². The number of carbonyl (C=O) groups is 2. The minimum atomic E-state index is -0.571. The summed E-state index contributed by atoms with van der Waals surface area (Å²) in [4.78, 5) is 31.7. The number of hydrogen-bond acceptors (Lipinski definition) is 5. The second kappa shape index (κ2) is 5.90. The zero-order valence-electron chi connectivity index (χ0n) is 16.1. The Kier molecular flexibility index (Phi) is 3.87. The van der Waals surface area contributed by atoms with Gasteiger partial charge >= 0.3 is 5.97 Å². The van der Waals surface area contributed by atoms with Crippen molar-refractivity contribution < 1.29 is 14.3 Å². The number of fused-ring (bicyclic) bond motifs is 1.